The van der Waals surface area contributed by atoms with E-state index in [9.17, 15) is 21.6 Å². The lowest BCUT2D eigenvalue weighted by Gasteiger charge is -2.12. The maximum absolute atomic E-state index is 12.1. The normalized spacial score (nSPS) is 12.6. The van der Waals surface area contributed by atoms with E-state index in [0.29, 0.717) is 5.56 Å². The van der Waals surface area contributed by atoms with E-state index in [1.54, 1.807) is 0 Å². The topological polar surface area (TPSA) is 43.4 Å². The van der Waals surface area contributed by atoms with Gasteiger partial charge in [0.25, 0.3) is 0 Å². The maximum atomic E-state index is 12.1. The summed E-state index contributed by atoms with van der Waals surface area (Å²) in [6.45, 7) is 1.50. The molecule has 0 bridgehead atoms. The molecule has 0 aromatic heterocycles. The highest BCUT2D eigenvalue weighted by Gasteiger charge is 2.48. The Hall–Kier alpha value is -0.470. The number of hydrogen-bond donors (Lipinski definition) is 0. The fourth-order valence-electron chi connectivity index (χ4n) is 0.866. The molecule has 0 aliphatic rings. The summed E-state index contributed by atoms with van der Waals surface area (Å²) in [7, 11) is -5.68. The predicted molar refractivity (Wildman–Crippen MR) is 59.5 cm³/mol. The summed E-state index contributed by atoms with van der Waals surface area (Å²) in [5, 5.41) is 0.272. The monoisotopic (exact) mass is 352 g/mol. The lowest BCUT2D eigenvalue weighted by molar-refractivity contribution is -0.0500. The predicted octanol–water partition coefficient (Wildman–Crippen LogP) is 3.64. The molecule has 0 aliphatic carbocycles. The largest absolute Gasteiger partial charge is 0.534 e. The minimum Gasteiger partial charge on any atom is -0.375 e. The summed E-state index contributed by atoms with van der Waals surface area (Å²) in [4.78, 5) is 0. The van der Waals surface area contributed by atoms with E-state index in [0.717, 1.165) is 6.07 Å². The molecular formula is C8H5BrClF3O3S. The molecule has 1 aromatic carbocycles. The van der Waals surface area contributed by atoms with Gasteiger partial charge in [0.1, 0.15) is 0 Å². The van der Waals surface area contributed by atoms with Gasteiger partial charge in [0.15, 0.2) is 5.75 Å². The molecule has 0 saturated carbocycles. The van der Waals surface area contributed by atoms with Gasteiger partial charge in [-0.05, 0) is 40.5 Å². The van der Waals surface area contributed by atoms with E-state index in [1.807, 2.05) is 0 Å². The van der Waals surface area contributed by atoms with Crippen LogP contribution in [0.5, 0.6) is 5.75 Å². The first-order chi connectivity index (χ1) is 7.56. The van der Waals surface area contributed by atoms with Gasteiger partial charge < -0.3 is 4.18 Å². The quantitative estimate of drug-likeness (QED) is 0.602. The zero-order chi connectivity index (χ0) is 13.4. The molecule has 1 aromatic rings. The third-order valence-corrected chi connectivity index (χ3v) is 4.13. The molecule has 0 atom stereocenters. The Kier molecular flexibility index (Phi) is 4.00. The molecule has 0 radical (unpaired) electrons. The van der Waals surface area contributed by atoms with Crippen molar-refractivity contribution in [2.45, 2.75) is 12.4 Å². The van der Waals surface area contributed by atoms with Crippen LogP contribution in [-0.4, -0.2) is 13.9 Å². The molecule has 3 nitrogen and oxygen atoms in total. The number of hydrogen-bond acceptors (Lipinski definition) is 3. The molecule has 17 heavy (non-hydrogen) atoms. The van der Waals surface area contributed by atoms with Gasteiger partial charge >= 0.3 is 15.6 Å². The molecule has 0 amide bonds. The van der Waals surface area contributed by atoms with Gasteiger partial charge in [-0.3, -0.25) is 0 Å². The van der Waals surface area contributed by atoms with Crippen LogP contribution < -0.4 is 4.18 Å². The Balaban J connectivity index is 3.19. The van der Waals surface area contributed by atoms with Crippen molar-refractivity contribution < 1.29 is 25.8 Å². The summed E-state index contributed by atoms with van der Waals surface area (Å²) in [6.07, 6.45) is 0. The Morgan fingerprint density at radius 3 is 2.35 bits per heavy atom. The van der Waals surface area contributed by atoms with E-state index in [2.05, 4.69) is 20.1 Å². The van der Waals surface area contributed by atoms with E-state index >= 15 is 0 Å². The molecule has 0 heterocycles. The van der Waals surface area contributed by atoms with Crippen LogP contribution in [0.1, 0.15) is 5.56 Å². The number of halogens is 5. The molecule has 96 valence electrons. The summed E-state index contributed by atoms with van der Waals surface area (Å²) < 4.78 is 61.8. The SMILES string of the molecule is Cc1c(Cl)ccc(OS(=O)(=O)C(F)(F)F)c1Br. The van der Waals surface area contributed by atoms with Gasteiger partial charge in [0.2, 0.25) is 0 Å². The lowest BCUT2D eigenvalue weighted by Crippen LogP contribution is -2.28. The van der Waals surface area contributed by atoms with Crippen LogP contribution in [0, 0.1) is 6.92 Å². The molecule has 0 aliphatic heterocycles. The summed E-state index contributed by atoms with van der Waals surface area (Å²) >= 11 is 8.60. The van der Waals surface area contributed by atoms with E-state index in [4.69, 9.17) is 11.6 Å². The molecule has 0 fully saturated rings. The third kappa shape index (κ3) is 3.05. The van der Waals surface area contributed by atoms with E-state index in [-0.39, 0.29) is 9.50 Å². The van der Waals surface area contributed by atoms with Crippen molar-refractivity contribution >= 4 is 37.6 Å². The zero-order valence-electron chi connectivity index (χ0n) is 8.18. The first-order valence-corrected chi connectivity index (χ1v) is 6.59. The van der Waals surface area contributed by atoms with Gasteiger partial charge in [0.05, 0.1) is 4.47 Å². The molecule has 0 saturated heterocycles. The molecular weight excluding hydrogens is 349 g/mol. The van der Waals surface area contributed by atoms with Crippen LogP contribution in [0.2, 0.25) is 5.02 Å². The first kappa shape index (κ1) is 14.6. The Labute approximate surface area is 109 Å². The van der Waals surface area contributed by atoms with E-state index < -0.39 is 21.4 Å². The first-order valence-electron chi connectivity index (χ1n) is 4.01. The van der Waals surface area contributed by atoms with Crippen molar-refractivity contribution in [1.82, 2.24) is 0 Å². The van der Waals surface area contributed by atoms with Crippen LogP contribution in [0.25, 0.3) is 0 Å². The van der Waals surface area contributed by atoms with Crippen molar-refractivity contribution in [3.8, 4) is 5.75 Å². The molecule has 0 unspecified atom stereocenters. The van der Waals surface area contributed by atoms with Gasteiger partial charge in [-0.15, -0.1) is 0 Å². The van der Waals surface area contributed by atoms with Crippen LogP contribution in [0.4, 0.5) is 13.2 Å². The number of benzene rings is 1. The van der Waals surface area contributed by atoms with Crippen molar-refractivity contribution in [2.24, 2.45) is 0 Å². The maximum Gasteiger partial charge on any atom is 0.534 e. The summed E-state index contributed by atoms with van der Waals surface area (Å²) in [5.41, 5.74) is -5.10. The second-order valence-electron chi connectivity index (χ2n) is 2.97. The van der Waals surface area contributed by atoms with Crippen LogP contribution in [0.3, 0.4) is 0 Å². The minimum atomic E-state index is -5.68. The Bertz CT molecular complexity index is 542. The van der Waals surface area contributed by atoms with Crippen LogP contribution >= 0.6 is 27.5 Å². The molecule has 0 N–H and O–H groups in total. The zero-order valence-corrected chi connectivity index (χ0v) is 11.3. The highest BCUT2D eigenvalue weighted by Crippen LogP contribution is 2.36. The van der Waals surface area contributed by atoms with Gasteiger partial charge in [-0.1, -0.05) is 11.6 Å². The standard InChI is InChI=1S/C8H5BrClF3O3S/c1-4-5(10)2-3-6(7(4)9)16-17(14,15)8(11,12)13/h2-3H,1H3. The molecule has 1 rings (SSSR count). The highest BCUT2D eigenvalue weighted by molar-refractivity contribution is 9.10. The van der Waals surface area contributed by atoms with E-state index in [1.165, 1.54) is 13.0 Å². The van der Waals surface area contributed by atoms with Crippen LogP contribution in [0.15, 0.2) is 16.6 Å². The van der Waals surface area contributed by atoms with Gasteiger partial charge in [0, 0.05) is 5.02 Å². The fraction of sp³-hybridized carbons (Fsp3) is 0.250. The van der Waals surface area contributed by atoms with Gasteiger partial charge in [-0.25, -0.2) is 0 Å². The smallest absolute Gasteiger partial charge is 0.375 e. The highest BCUT2D eigenvalue weighted by atomic mass is 79.9. The number of alkyl halides is 3. The minimum absolute atomic E-state index is 0.0535. The van der Waals surface area contributed by atoms with Crippen molar-refractivity contribution in [2.75, 3.05) is 0 Å². The fourth-order valence-corrected chi connectivity index (χ4v) is 2.14. The van der Waals surface area contributed by atoms with Crippen molar-refractivity contribution in [1.29, 1.82) is 0 Å². The lowest BCUT2D eigenvalue weighted by atomic mass is 10.2. The Morgan fingerprint density at radius 2 is 1.88 bits per heavy atom. The Morgan fingerprint density at radius 1 is 1.35 bits per heavy atom. The summed E-state index contributed by atoms with van der Waals surface area (Å²) in [6, 6.07) is 2.27. The molecule has 0 spiro atoms. The second-order valence-corrected chi connectivity index (χ2v) is 5.71. The van der Waals surface area contributed by atoms with Gasteiger partial charge in [-0.2, -0.15) is 21.6 Å². The number of rotatable bonds is 2. The summed E-state index contributed by atoms with van der Waals surface area (Å²) in [5.74, 6) is -0.468. The van der Waals surface area contributed by atoms with Crippen molar-refractivity contribution in [3.63, 3.8) is 0 Å². The van der Waals surface area contributed by atoms with Crippen LogP contribution in [-0.2, 0) is 10.1 Å². The van der Waals surface area contributed by atoms with Crippen molar-refractivity contribution in [3.05, 3.63) is 27.2 Å². The average Bonchev–Trinajstić information content (AvgIpc) is 2.17. The third-order valence-electron chi connectivity index (χ3n) is 1.77. The molecule has 9 heteroatoms. The second kappa shape index (κ2) is 4.66. The average molecular weight is 354 g/mol.